The topological polar surface area (TPSA) is 114 Å². The minimum absolute atomic E-state index is 0.304. The maximum atomic E-state index is 12.8. The Morgan fingerprint density at radius 3 is 2.30 bits per heavy atom. The zero-order valence-electron chi connectivity index (χ0n) is 18.0. The van der Waals surface area contributed by atoms with Gasteiger partial charge in [-0.25, -0.2) is 8.42 Å². The standard InChI is InChI=1S/C24H23N3O5S/c1-32-20-7-5-6-19(16-20)25-24(29)21-8-3-4-9-22(21)26-23(28)15-12-17-10-13-18(14-11-17)27-33(2,30)31/h3-16,27H,1-2H3,(H,25,29)(H,26,28)/b15-12+. The summed E-state index contributed by atoms with van der Waals surface area (Å²) in [6.45, 7) is 0. The lowest BCUT2D eigenvalue weighted by atomic mass is 10.1. The van der Waals surface area contributed by atoms with E-state index in [4.69, 9.17) is 4.74 Å². The number of hydrogen-bond acceptors (Lipinski definition) is 5. The molecule has 0 unspecified atom stereocenters. The van der Waals surface area contributed by atoms with Gasteiger partial charge in [0.2, 0.25) is 15.9 Å². The lowest BCUT2D eigenvalue weighted by Gasteiger charge is -2.11. The van der Waals surface area contributed by atoms with Gasteiger partial charge in [0.25, 0.3) is 5.91 Å². The van der Waals surface area contributed by atoms with E-state index in [1.54, 1.807) is 86.0 Å². The molecular formula is C24H23N3O5S. The number of anilines is 3. The summed E-state index contributed by atoms with van der Waals surface area (Å²) in [4.78, 5) is 25.2. The number of nitrogens with one attached hydrogen (secondary N) is 3. The molecule has 3 aromatic carbocycles. The molecule has 3 N–H and O–H groups in total. The quantitative estimate of drug-likeness (QED) is 0.436. The molecule has 0 fully saturated rings. The van der Waals surface area contributed by atoms with Crippen molar-refractivity contribution in [2.24, 2.45) is 0 Å². The van der Waals surface area contributed by atoms with Crippen LogP contribution in [-0.4, -0.2) is 33.6 Å². The highest BCUT2D eigenvalue weighted by atomic mass is 32.2. The second-order valence-corrected chi connectivity index (χ2v) is 8.80. The van der Waals surface area contributed by atoms with E-state index >= 15 is 0 Å². The second-order valence-electron chi connectivity index (χ2n) is 7.05. The summed E-state index contributed by atoms with van der Waals surface area (Å²) in [6.07, 6.45) is 3.98. The van der Waals surface area contributed by atoms with Crippen molar-refractivity contribution in [3.05, 3.63) is 90.0 Å². The van der Waals surface area contributed by atoms with Gasteiger partial charge in [0, 0.05) is 23.5 Å². The second kappa shape index (κ2) is 10.5. The van der Waals surface area contributed by atoms with Crippen LogP contribution in [0.15, 0.2) is 78.9 Å². The van der Waals surface area contributed by atoms with E-state index in [0.717, 1.165) is 6.26 Å². The Morgan fingerprint density at radius 1 is 0.879 bits per heavy atom. The van der Waals surface area contributed by atoms with Crippen LogP contribution in [0.25, 0.3) is 6.08 Å². The molecule has 33 heavy (non-hydrogen) atoms. The summed E-state index contributed by atoms with van der Waals surface area (Å²) in [5.41, 5.74) is 2.36. The molecule has 0 spiro atoms. The van der Waals surface area contributed by atoms with Crippen LogP contribution in [0.3, 0.4) is 0 Å². The molecule has 0 aliphatic rings. The summed E-state index contributed by atoms with van der Waals surface area (Å²) < 4.78 is 30.1. The summed E-state index contributed by atoms with van der Waals surface area (Å²) >= 11 is 0. The summed E-state index contributed by atoms with van der Waals surface area (Å²) in [5.74, 6) is -0.188. The molecular weight excluding hydrogens is 442 g/mol. The third-order valence-electron chi connectivity index (χ3n) is 4.40. The van der Waals surface area contributed by atoms with Gasteiger partial charge in [0.1, 0.15) is 5.75 Å². The van der Waals surface area contributed by atoms with Crippen molar-refractivity contribution in [1.29, 1.82) is 0 Å². The van der Waals surface area contributed by atoms with E-state index in [-0.39, 0.29) is 5.91 Å². The van der Waals surface area contributed by atoms with E-state index in [9.17, 15) is 18.0 Å². The molecule has 0 aliphatic carbocycles. The molecule has 0 radical (unpaired) electrons. The molecule has 2 amide bonds. The number of methoxy groups -OCH3 is 1. The van der Waals surface area contributed by atoms with Gasteiger partial charge in [0.05, 0.1) is 24.6 Å². The van der Waals surface area contributed by atoms with Gasteiger partial charge in [-0.2, -0.15) is 0 Å². The smallest absolute Gasteiger partial charge is 0.257 e. The third-order valence-corrected chi connectivity index (χ3v) is 5.00. The minimum Gasteiger partial charge on any atom is -0.497 e. The van der Waals surface area contributed by atoms with Gasteiger partial charge in [-0.05, 0) is 48.0 Å². The van der Waals surface area contributed by atoms with Gasteiger partial charge in [0.15, 0.2) is 0 Å². The van der Waals surface area contributed by atoms with Crippen LogP contribution in [0.2, 0.25) is 0 Å². The Labute approximate surface area is 192 Å². The van der Waals surface area contributed by atoms with E-state index in [2.05, 4.69) is 15.4 Å². The number of benzene rings is 3. The first-order valence-electron chi connectivity index (χ1n) is 9.85. The van der Waals surface area contributed by atoms with Crippen molar-refractivity contribution in [2.45, 2.75) is 0 Å². The predicted octanol–water partition coefficient (Wildman–Crippen LogP) is 3.97. The molecule has 9 heteroatoms. The fraction of sp³-hybridized carbons (Fsp3) is 0.0833. The van der Waals surface area contributed by atoms with Crippen molar-refractivity contribution in [1.82, 2.24) is 0 Å². The van der Waals surface area contributed by atoms with Crippen LogP contribution in [0, 0.1) is 0 Å². The fourth-order valence-electron chi connectivity index (χ4n) is 2.91. The number of amides is 2. The Hall–Kier alpha value is -4.11. The summed E-state index contributed by atoms with van der Waals surface area (Å²) in [6, 6.07) is 20.2. The van der Waals surface area contributed by atoms with Crippen LogP contribution in [0.5, 0.6) is 5.75 Å². The van der Waals surface area contributed by atoms with Crippen LogP contribution < -0.4 is 20.1 Å². The van der Waals surface area contributed by atoms with Gasteiger partial charge < -0.3 is 15.4 Å². The highest BCUT2D eigenvalue weighted by Crippen LogP contribution is 2.20. The molecule has 0 aromatic heterocycles. The molecule has 0 heterocycles. The molecule has 3 rings (SSSR count). The van der Waals surface area contributed by atoms with Crippen molar-refractivity contribution in [3.63, 3.8) is 0 Å². The maximum Gasteiger partial charge on any atom is 0.257 e. The average molecular weight is 466 g/mol. The fourth-order valence-corrected chi connectivity index (χ4v) is 3.48. The normalized spacial score (nSPS) is 11.1. The first-order chi connectivity index (χ1) is 15.7. The summed E-state index contributed by atoms with van der Waals surface area (Å²) in [7, 11) is -1.81. The lowest BCUT2D eigenvalue weighted by Crippen LogP contribution is -2.17. The predicted molar refractivity (Wildman–Crippen MR) is 130 cm³/mol. The number of ether oxygens (including phenoxy) is 1. The molecule has 0 saturated carbocycles. The van der Waals surface area contributed by atoms with Gasteiger partial charge in [-0.15, -0.1) is 0 Å². The molecule has 0 aliphatic heterocycles. The van der Waals surface area contributed by atoms with E-state index in [0.29, 0.717) is 33.9 Å². The Bertz CT molecular complexity index is 1290. The monoisotopic (exact) mass is 465 g/mol. The Kier molecular flexibility index (Phi) is 7.47. The minimum atomic E-state index is -3.36. The largest absolute Gasteiger partial charge is 0.497 e. The van der Waals surface area contributed by atoms with Crippen molar-refractivity contribution < 1.29 is 22.7 Å². The average Bonchev–Trinajstić information content (AvgIpc) is 2.78. The van der Waals surface area contributed by atoms with Gasteiger partial charge in [-0.1, -0.05) is 30.3 Å². The lowest BCUT2D eigenvalue weighted by molar-refractivity contribution is -0.111. The first-order valence-corrected chi connectivity index (χ1v) is 11.7. The maximum absolute atomic E-state index is 12.8. The number of carbonyl (C=O) groups is 2. The highest BCUT2D eigenvalue weighted by Gasteiger charge is 2.13. The first kappa shape index (κ1) is 23.6. The van der Waals surface area contributed by atoms with Crippen LogP contribution in [0.4, 0.5) is 17.1 Å². The number of para-hydroxylation sites is 1. The van der Waals surface area contributed by atoms with Gasteiger partial charge >= 0.3 is 0 Å². The molecule has 0 bridgehead atoms. The zero-order valence-corrected chi connectivity index (χ0v) is 18.8. The third kappa shape index (κ3) is 7.22. The van der Waals surface area contributed by atoms with E-state index in [1.807, 2.05) is 0 Å². The van der Waals surface area contributed by atoms with Crippen molar-refractivity contribution >= 4 is 45.0 Å². The molecule has 170 valence electrons. The van der Waals surface area contributed by atoms with Crippen LogP contribution in [0.1, 0.15) is 15.9 Å². The van der Waals surface area contributed by atoms with Crippen molar-refractivity contribution in [3.8, 4) is 5.75 Å². The highest BCUT2D eigenvalue weighted by molar-refractivity contribution is 7.92. The van der Waals surface area contributed by atoms with E-state index < -0.39 is 15.9 Å². The number of sulfonamides is 1. The summed E-state index contributed by atoms with van der Waals surface area (Å²) in [5, 5.41) is 5.50. The SMILES string of the molecule is COc1cccc(NC(=O)c2ccccc2NC(=O)/C=C/c2ccc(NS(C)(=O)=O)cc2)c1. The van der Waals surface area contributed by atoms with Crippen LogP contribution >= 0.6 is 0 Å². The zero-order chi connectivity index (χ0) is 23.8. The number of hydrogen-bond donors (Lipinski definition) is 3. The Morgan fingerprint density at radius 2 is 1.61 bits per heavy atom. The van der Waals surface area contributed by atoms with Gasteiger partial charge in [-0.3, -0.25) is 14.3 Å². The Balaban J connectivity index is 1.67. The number of rotatable bonds is 8. The number of carbonyl (C=O) groups excluding carboxylic acids is 2. The van der Waals surface area contributed by atoms with E-state index in [1.165, 1.54) is 6.08 Å². The molecule has 3 aromatic rings. The van der Waals surface area contributed by atoms with Crippen molar-refractivity contribution in [2.75, 3.05) is 28.7 Å². The molecule has 0 saturated heterocycles. The molecule has 0 atom stereocenters. The van der Waals surface area contributed by atoms with Crippen LogP contribution in [-0.2, 0) is 14.8 Å². The molecule has 8 nitrogen and oxygen atoms in total.